The van der Waals surface area contributed by atoms with Gasteiger partial charge in [0.25, 0.3) is 0 Å². The van der Waals surface area contributed by atoms with Gasteiger partial charge in [-0.3, -0.25) is 9.36 Å². The second-order valence-corrected chi connectivity index (χ2v) is 7.19. The lowest BCUT2D eigenvalue weighted by Crippen LogP contribution is -2.02. The maximum Gasteiger partial charge on any atom is 0.196 e. The molecule has 5 nitrogen and oxygen atoms in total. The van der Waals surface area contributed by atoms with E-state index in [1.807, 2.05) is 44.2 Å². The zero-order valence-corrected chi connectivity index (χ0v) is 16.8. The van der Waals surface area contributed by atoms with Gasteiger partial charge in [-0.15, -0.1) is 10.2 Å². The molecule has 0 radical (unpaired) electrons. The van der Waals surface area contributed by atoms with Crippen LogP contribution in [0.15, 0.2) is 47.6 Å². The van der Waals surface area contributed by atoms with Gasteiger partial charge in [-0.1, -0.05) is 30.0 Å². The molecular formula is C21H23N3O2S. The molecule has 0 saturated carbocycles. The average Bonchev–Trinajstić information content (AvgIpc) is 3.02. The van der Waals surface area contributed by atoms with Crippen LogP contribution in [-0.4, -0.2) is 27.2 Å². The SMILES string of the molecule is CCOc1ccc(C(C)=O)cc1CSc1nnc(C)n1-c1ccccc1C. The van der Waals surface area contributed by atoms with Crippen LogP contribution in [0.25, 0.3) is 5.69 Å². The molecule has 3 rings (SSSR count). The highest BCUT2D eigenvalue weighted by atomic mass is 32.2. The zero-order chi connectivity index (χ0) is 19.4. The molecule has 0 N–H and O–H groups in total. The highest BCUT2D eigenvalue weighted by Gasteiger charge is 2.15. The van der Waals surface area contributed by atoms with Crippen molar-refractivity contribution in [1.29, 1.82) is 0 Å². The summed E-state index contributed by atoms with van der Waals surface area (Å²) in [5.41, 5.74) is 3.90. The molecule has 0 atom stereocenters. The average molecular weight is 382 g/mol. The van der Waals surface area contributed by atoms with Gasteiger partial charge in [0.2, 0.25) is 0 Å². The van der Waals surface area contributed by atoms with Gasteiger partial charge in [-0.2, -0.15) is 0 Å². The third kappa shape index (κ3) is 4.22. The van der Waals surface area contributed by atoms with Crippen molar-refractivity contribution in [2.45, 2.75) is 38.6 Å². The van der Waals surface area contributed by atoms with Crippen molar-refractivity contribution in [3.63, 3.8) is 0 Å². The predicted octanol–water partition coefficient (Wildman–Crippen LogP) is 4.78. The molecule has 0 amide bonds. The largest absolute Gasteiger partial charge is 0.494 e. The molecule has 0 spiro atoms. The molecule has 3 aromatic rings. The fraction of sp³-hybridized carbons (Fsp3) is 0.286. The summed E-state index contributed by atoms with van der Waals surface area (Å²) in [6, 6.07) is 13.8. The van der Waals surface area contributed by atoms with Crippen LogP contribution in [0.2, 0.25) is 0 Å². The number of nitrogens with zero attached hydrogens (tertiary/aromatic N) is 3. The summed E-state index contributed by atoms with van der Waals surface area (Å²) in [4.78, 5) is 11.7. The Bertz CT molecular complexity index is 966. The number of aromatic nitrogens is 3. The van der Waals surface area contributed by atoms with Crippen molar-refractivity contribution in [2.24, 2.45) is 0 Å². The van der Waals surface area contributed by atoms with E-state index < -0.39 is 0 Å². The predicted molar refractivity (Wildman–Crippen MR) is 108 cm³/mol. The Morgan fingerprint density at radius 1 is 1.15 bits per heavy atom. The van der Waals surface area contributed by atoms with Gasteiger partial charge in [-0.05, 0) is 57.5 Å². The summed E-state index contributed by atoms with van der Waals surface area (Å²) in [6.07, 6.45) is 0. The first kappa shape index (κ1) is 19.2. The number of hydrogen-bond donors (Lipinski definition) is 0. The van der Waals surface area contributed by atoms with Crippen LogP contribution in [0.1, 0.15) is 41.2 Å². The number of carbonyl (C=O) groups is 1. The van der Waals surface area contributed by atoms with Gasteiger partial charge < -0.3 is 4.74 Å². The van der Waals surface area contributed by atoms with Crippen LogP contribution < -0.4 is 4.74 Å². The maximum absolute atomic E-state index is 11.7. The lowest BCUT2D eigenvalue weighted by Gasteiger charge is -2.13. The Hall–Kier alpha value is -2.60. The Labute approximate surface area is 163 Å². The number of Topliss-reactive ketones (excluding diaryl/α,β-unsaturated/α-hetero) is 1. The highest BCUT2D eigenvalue weighted by Crippen LogP contribution is 2.30. The Kier molecular flexibility index (Phi) is 5.96. The van der Waals surface area contributed by atoms with Crippen LogP contribution in [0.3, 0.4) is 0 Å². The van der Waals surface area contributed by atoms with Crippen molar-refractivity contribution in [3.8, 4) is 11.4 Å². The smallest absolute Gasteiger partial charge is 0.196 e. The molecule has 6 heteroatoms. The molecule has 1 aromatic heterocycles. The molecule has 0 aliphatic carbocycles. The van der Waals surface area contributed by atoms with E-state index in [4.69, 9.17) is 4.74 Å². The van der Waals surface area contributed by atoms with Crippen LogP contribution in [-0.2, 0) is 5.75 Å². The minimum atomic E-state index is 0.0446. The van der Waals surface area contributed by atoms with Gasteiger partial charge in [0.05, 0.1) is 12.3 Å². The Morgan fingerprint density at radius 3 is 2.63 bits per heavy atom. The molecule has 2 aromatic carbocycles. The van der Waals surface area contributed by atoms with Crippen molar-refractivity contribution >= 4 is 17.5 Å². The summed E-state index contributed by atoms with van der Waals surface area (Å²) in [6.45, 7) is 8.13. The van der Waals surface area contributed by atoms with E-state index in [0.29, 0.717) is 17.9 Å². The van der Waals surface area contributed by atoms with Crippen LogP contribution in [0.5, 0.6) is 5.75 Å². The Morgan fingerprint density at radius 2 is 1.93 bits per heavy atom. The first-order chi connectivity index (χ1) is 13.0. The van der Waals surface area contributed by atoms with E-state index in [9.17, 15) is 4.79 Å². The first-order valence-electron chi connectivity index (χ1n) is 8.88. The number of rotatable bonds is 7. The number of ketones is 1. The number of hydrogen-bond acceptors (Lipinski definition) is 5. The number of thioether (sulfide) groups is 1. The van der Waals surface area contributed by atoms with E-state index >= 15 is 0 Å². The van der Waals surface area contributed by atoms with Crippen molar-refractivity contribution in [1.82, 2.24) is 14.8 Å². The molecule has 0 aliphatic rings. The number of para-hydroxylation sites is 1. The molecule has 27 heavy (non-hydrogen) atoms. The monoisotopic (exact) mass is 381 g/mol. The summed E-state index contributed by atoms with van der Waals surface area (Å²) < 4.78 is 7.80. The second-order valence-electron chi connectivity index (χ2n) is 6.25. The lowest BCUT2D eigenvalue weighted by atomic mass is 10.1. The molecule has 0 bridgehead atoms. The van der Waals surface area contributed by atoms with E-state index in [2.05, 4.69) is 33.8 Å². The number of carbonyl (C=O) groups excluding carboxylic acids is 1. The summed E-state index contributed by atoms with van der Waals surface area (Å²) in [7, 11) is 0. The van der Waals surface area contributed by atoms with Crippen LogP contribution in [0.4, 0.5) is 0 Å². The van der Waals surface area contributed by atoms with Crippen molar-refractivity contribution in [3.05, 3.63) is 65.0 Å². The summed E-state index contributed by atoms with van der Waals surface area (Å²) in [5, 5.41) is 9.42. The van der Waals surface area contributed by atoms with Gasteiger partial charge in [-0.25, -0.2) is 0 Å². The van der Waals surface area contributed by atoms with Gasteiger partial charge >= 0.3 is 0 Å². The summed E-state index contributed by atoms with van der Waals surface area (Å²) >= 11 is 1.58. The zero-order valence-electron chi connectivity index (χ0n) is 16.0. The minimum Gasteiger partial charge on any atom is -0.494 e. The molecule has 0 fully saturated rings. The number of aryl methyl sites for hydroxylation is 2. The Balaban J connectivity index is 1.91. The standard InChI is InChI=1S/C21H23N3O2S/c1-5-26-20-11-10-17(15(3)25)12-18(20)13-27-21-23-22-16(4)24(21)19-9-7-6-8-14(19)2/h6-12H,5,13H2,1-4H3. The normalized spacial score (nSPS) is 10.8. The van der Waals surface area contributed by atoms with Gasteiger partial charge in [0, 0.05) is 16.9 Å². The van der Waals surface area contributed by atoms with Crippen molar-refractivity contribution < 1.29 is 9.53 Å². The molecule has 0 saturated heterocycles. The topological polar surface area (TPSA) is 57.0 Å². The van der Waals surface area contributed by atoms with Gasteiger partial charge in [0.1, 0.15) is 11.6 Å². The molecular weight excluding hydrogens is 358 g/mol. The quantitative estimate of drug-likeness (QED) is 0.435. The van der Waals surface area contributed by atoms with Gasteiger partial charge in [0.15, 0.2) is 10.9 Å². The van der Waals surface area contributed by atoms with Crippen molar-refractivity contribution in [2.75, 3.05) is 6.61 Å². The van der Waals surface area contributed by atoms with Crippen LogP contribution >= 0.6 is 11.8 Å². The maximum atomic E-state index is 11.7. The fourth-order valence-electron chi connectivity index (χ4n) is 2.88. The van der Waals surface area contributed by atoms with E-state index in [1.165, 1.54) is 0 Å². The van der Waals surface area contributed by atoms with E-state index in [0.717, 1.165) is 33.5 Å². The van der Waals surface area contributed by atoms with E-state index in [1.54, 1.807) is 18.7 Å². The third-order valence-corrected chi connectivity index (χ3v) is 5.25. The summed E-state index contributed by atoms with van der Waals surface area (Å²) in [5.74, 6) is 2.33. The lowest BCUT2D eigenvalue weighted by molar-refractivity contribution is 0.101. The molecule has 0 aliphatic heterocycles. The number of ether oxygens (including phenoxy) is 1. The fourth-order valence-corrected chi connectivity index (χ4v) is 3.85. The second kappa shape index (κ2) is 8.39. The third-order valence-electron chi connectivity index (χ3n) is 4.28. The first-order valence-corrected chi connectivity index (χ1v) is 9.87. The minimum absolute atomic E-state index is 0.0446. The van der Waals surface area contributed by atoms with E-state index in [-0.39, 0.29) is 5.78 Å². The number of benzene rings is 2. The molecule has 140 valence electrons. The molecule has 0 unspecified atom stereocenters. The van der Waals surface area contributed by atoms with Crippen LogP contribution in [0, 0.1) is 13.8 Å². The highest BCUT2D eigenvalue weighted by molar-refractivity contribution is 7.98. The molecule has 1 heterocycles.